The number of unbranched alkanes of at least 4 members (excludes halogenated alkanes) is 1. The van der Waals surface area contributed by atoms with E-state index < -0.39 is 0 Å². The molecule has 1 aromatic heterocycles. The molecule has 0 radical (unpaired) electrons. The number of hydrogen-bond donors (Lipinski definition) is 1. The molecule has 0 saturated heterocycles. The van der Waals surface area contributed by atoms with E-state index >= 15 is 0 Å². The van der Waals surface area contributed by atoms with Crippen LogP contribution in [0.25, 0.3) is 0 Å². The van der Waals surface area contributed by atoms with Gasteiger partial charge in [0.05, 0.1) is 0 Å². The first kappa shape index (κ1) is 13.2. The van der Waals surface area contributed by atoms with Gasteiger partial charge in [-0.25, -0.2) is 9.97 Å². The fourth-order valence-electron chi connectivity index (χ4n) is 1.70. The molecule has 1 aromatic rings. The Kier molecular flexibility index (Phi) is 6.16. The quantitative estimate of drug-likeness (QED) is 0.787. The lowest BCUT2D eigenvalue weighted by atomic mass is 10.1. The van der Waals surface area contributed by atoms with Gasteiger partial charge in [0.15, 0.2) is 11.0 Å². The zero-order chi connectivity index (χ0) is 11.8. The van der Waals surface area contributed by atoms with Crippen LogP contribution in [0.3, 0.4) is 0 Å². The lowest BCUT2D eigenvalue weighted by molar-refractivity contribution is 0.562. The molecule has 0 spiro atoms. The summed E-state index contributed by atoms with van der Waals surface area (Å²) in [6.45, 7) is 4.40. The highest BCUT2D eigenvalue weighted by Crippen LogP contribution is 2.18. The maximum Gasteiger partial charge on any atom is 0.171 e. The maximum absolute atomic E-state index is 5.97. The highest BCUT2D eigenvalue weighted by molar-refractivity contribution is 6.31. The Hall–Kier alpha value is -0.830. The molecule has 0 saturated carbocycles. The predicted octanol–water partition coefficient (Wildman–Crippen LogP) is 3.90. The second-order valence-electron chi connectivity index (χ2n) is 3.97. The van der Waals surface area contributed by atoms with Gasteiger partial charge < -0.3 is 5.32 Å². The van der Waals surface area contributed by atoms with Gasteiger partial charge in [-0.3, -0.25) is 0 Å². The monoisotopic (exact) mass is 241 g/mol. The number of hydrogen-bond acceptors (Lipinski definition) is 3. The summed E-state index contributed by atoms with van der Waals surface area (Å²) in [5.74, 6) is 0.707. The fourth-order valence-corrected chi connectivity index (χ4v) is 1.86. The van der Waals surface area contributed by atoms with Gasteiger partial charge in [-0.2, -0.15) is 0 Å². The largest absolute Gasteiger partial charge is 0.365 e. The lowest BCUT2D eigenvalue weighted by Crippen LogP contribution is -2.20. The van der Waals surface area contributed by atoms with Crippen molar-refractivity contribution in [2.75, 3.05) is 5.32 Å². The minimum Gasteiger partial charge on any atom is -0.365 e. The average Bonchev–Trinajstić information content (AvgIpc) is 2.29. The summed E-state index contributed by atoms with van der Waals surface area (Å²) in [5.41, 5.74) is 0. The number of halogens is 1. The van der Waals surface area contributed by atoms with Crippen molar-refractivity contribution in [1.82, 2.24) is 9.97 Å². The molecule has 1 atom stereocenters. The van der Waals surface area contributed by atoms with Crippen LogP contribution in [0.5, 0.6) is 0 Å². The van der Waals surface area contributed by atoms with Gasteiger partial charge >= 0.3 is 0 Å². The number of nitrogens with zero attached hydrogens (tertiary/aromatic N) is 2. The first-order valence-corrected chi connectivity index (χ1v) is 6.38. The van der Waals surface area contributed by atoms with Crippen LogP contribution in [-0.4, -0.2) is 16.0 Å². The van der Waals surface area contributed by atoms with Gasteiger partial charge in [0.25, 0.3) is 0 Å². The topological polar surface area (TPSA) is 37.8 Å². The molecule has 0 bridgehead atoms. The molecular formula is C12H20ClN3. The second-order valence-corrected chi connectivity index (χ2v) is 4.33. The third-order valence-electron chi connectivity index (χ3n) is 2.54. The van der Waals surface area contributed by atoms with Crippen molar-refractivity contribution in [1.29, 1.82) is 0 Å². The molecule has 1 N–H and O–H groups in total. The molecule has 90 valence electrons. The minimum absolute atomic E-state index is 0.458. The zero-order valence-corrected chi connectivity index (χ0v) is 10.8. The molecular weight excluding hydrogens is 222 g/mol. The van der Waals surface area contributed by atoms with Crippen LogP contribution in [0.1, 0.15) is 46.0 Å². The molecule has 4 heteroatoms. The summed E-state index contributed by atoms with van der Waals surface area (Å²) >= 11 is 5.97. The predicted molar refractivity (Wildman–Crippen MR) is 68.9 cm³/mol. The molecule has 1 heterocycles. The van der Waals surface area contributed by atoms with Gasteiger partial charge in [-0.1, -0.05) is 44.7 Å². The van der Waals surface area contributed by atoms with Crippen LogP contribution in [0.15, 0.2) is 12.4 Å². The highest BCUT2D eigenvalue weighted by atomic mass is 35.5. The lowest BCUT2D eigenvalue weighted by Gasteiger charge is -2.18. The Bertz CT molecular complexity index is 304. The van der Waals surface area contributed by atoms with Crippen LogP contribution in [-0.2, 0) is 0 Å². The van der Waals surface area contributed by atoms with Crippen LogP contribution in [0.2, 0.25) is 5.15 Å². The van der Waals surface area contributed by atoms with E-state index in [1.165, 1.54) is 19.3 Å². The van der Waals surface area contributed by atoms with Crippen molar-refractivity contribution in [2.24, 2.45) is 0 Å². The van der Waals surface area contributed by atoms with Crippen LogP contribution in [0.4, 0.5) is 5.82 Å². The Morgan fingerprint density at radius 1 is 1.19 bits per heavy atom. The summed E-state index contributed by atoms with van der Waals surface area (Å²) in [7, 11) is 0. The first-order chi connectivity index (χ1) is 7.77. The minimum atomic E-state index is 0.458. The maximum atomic E-state index is 5.97. The Balaban J connectivity index is 2.56. The fraction of sp³-hybridized carbons (Fsp3) is 0.667. The number of anilines is 1. The molecule has 0 aliphatic heterocycles. The van der Waals surface area contributed by atoms with Gasteiger partial charge in [-0.15, -0.1) is 0 Å². The smallest absolute Gasteiger partial charge is 0.171 e. The number of nitrogens with one attached hydrogen (secondary N) is 1. The van der Waals surface area contributed by atoms with Crippen molar-refractivity contribution in [3.8, 4) is 0 Å². The van der Waals surface area contributed by atoms with E-state index in [9.17, 15) is 0 Å². The summed E-state index contributed by atoms with van der Waals surface area (Å²) in [6.07, 6.45) is 9.19. The normalized spacial score (nSPS) is 12.4. The molecule has 1 rings (SSSR count). The summed E-state index contributed by atoms with van der Waals surface area (Å²) < 4.78 is 0. The van der Waals surface area contributed by atoms with E-state index in [1.54, 1.807) is 12.4 Å². The standard InChI is InChI=1S/C12H20ClN3/c1-3-5-7-10(6-4-2)16-12-11(13)14-8-9-15-12/h8-10H,3-7H2,1-2H3,(H,15,16). The summed E-state index contributed by atoms with van der Waals surface area (Å²) in [5, 5.41) is 3.84. The van der Waals surface area contributed by atoms with Crippen LogP contribution in [0, 0.1) is 0 Å². The SMILES string of the molecule is CCCCC(CCC)Nc1nccnc1Cl. The van der Waals surface area contributed by atoms with Crippen molar-refractivity contribution >= 4 is 17.4 Å². The second kappa shape index (κ2) is 7.44. The molecule has 0 amide bonds. The van der Waals surface area contributed by atoms with E-state index in [0.717, 1.165) is 12.8 Å². The number of aromatic nitrogens is 2. The average molecular weight is 242 g/mol. The molecule has 3 nitrogen and oxygen atoms in total. The van der Waals surface area contributed by atoms with Crippen molar-refractivity contribution in [3.63, 3.8) is 0 Å². The van der Waals surface area contributed by atoms with Gasteiger partial charge in [0.2, 0.25) is 0 Å². The van der Waals surface area contributed by atoms with E-state index in [1.807, 2.05) is 0 Å². The first-order valence-electron chi connectivity index (χ1n) is 6.01. The third-order valence-corrected chi connectivity index (χ3v) is 2.81. The van der Waals surface area contributed by atoms with Gasteiger partial charge in [-0.05, 0) is 12.8 Å². The third kappa shape index (κ3) is 4.35. The Morgan fingerprint density at radius 3 is 2.56 bits per heavy atom. The summed E-state index contributed by atoms with van der Waals surface area (Å²) in [4.78, 5) is 8.22. The molecule has 1 unspecified atom stereocenters. The van der Waals surface area contributed by atoms with Crippen molar-refractivity contribution in [3.05, 3.63) is 17.5 Å². The summed E-state index contributed by atoms with van der Waals surface area (Å²) in [6, 6.07) is 0.458. The zero-order valence-electron chi connectivity index (χ0n) is 10.0. The Morgan fingerprint density at radius 2 is 1.94 bits per heavy atom. The molecule has 0 aromatic carbocycles. The number of rotatable bonds is 7. The van der Waals surface area contributed by atoms with E-state index in [-0.39, 0.29) is 0 Å². The molecule has 16 heavy (non-hydrogen) atoms. The Labute approximate surface area is 103 Å². The highest BCUT2D eigenvalue weighted by Gasteiger charge is 2.10. The van der Waals surface area contributed by atoms with E-state index in [0.29, 0.717) is 17.0 Å². The molecule has 0 aliphatic carbocycles. The van der Waals surface area contributed by atoms with Crippen LogP contribution >= 0.6 is 11.6 Å². The van der Waals surface area contributed by atoms with Crippen molar-refractivity contribution in [2.45, 2.75) is 52.0 Å². The van der Waals surface area contributed by atoms with Crippen LogP contribution < -0.4 is 5.32 Å². The van der Waals surface area contributed by atoms with E-state index in [4.69, 9.17) is 11.6 Å². The van der Waals surface area contributed by atoms with Crippen molar-refractivity contribution < 1.29 is 0 Å². The van der Waals surface area contributed by atoms with E-state index in [2.05, 4.69) is 29.1 Å². The molecule has 0 aliphatic rings. The molecule has 0 fully saturated rings. The van der Waals surface area contributed by atoms with Gasteiger partial charge in [0.1, 0.15) is 0 Å². The van der Waals surface area contributed by atoms with Gasteiger partial charge in [0, 0.05) is 18.4 Å².